The molecule has 1 amide bonds. The number of alkyl halides is 3. The number of ether oxygens (including phenoxy) is 1. The summed E-state index contributed by atoms with van der Waals surface area (Å²) in [6.45, 7) is -0.455. The lowest BCUT2D eigenvalue weighted by Gasteiger charge is -2.11. The molecule has 6 nitrogen and oxygen atoms in total. The zero-order chi connectivity index (χ0) is 21.2. The number of thiazole rings is 1. The number of rotatable bonds is 6. The van der Waals surface area contributed by atoms with E-state index in [2.05, 4.69) is 4.98 Å². The van der Waals surface area contributed by atoms with E-state index in [4.69, 9.17) is 10.5 Å². The number of aromatic nitrogens is 1. The van der Waals surface area contributed by atoms with Crippen LogP contribution in [0.2, 0.25) is 0 Å². The van der Waals surface area contributed by atoms with Gasteiger partial charge in [0.1, 0.15) is 10.8 Å². The van der Waals surface area contributed by atoms with Gasteiger partial charge in [-0.2, -0.15) is 18.4 Å². The van der Waals surface area contributed by atoms with Gasteiger partial charge in [0, 0.05) is 0 Å². The SMILES string of the molecule is N#CC(C(=O)c1ccccc1OCC(N)=O)c1nc2cc(C(F)(F)F)ccc2s1. The van der Waals surface area contributed by atoms with Crippen molar-refractivity contribution in [2.24, 2.45) is 5.73 Å². The number of fused-ring (bicyclic) bond motifs is 1. The van der Waals surface area contributed by atoms with Crippen LogP contribution >= 0.6 is 11.3 Å². The van der Waals surface area contributed by atoms with Crippen LogP contribution in [0.25, 0.3) is 10.2 Å². The zero-order valence-electron chi connectivity index (χ0n) is 14.6. The number of nitrogens with zero attached hydrogens (tertiary/aromatic N) is 2. The molecule has 148 valence electrons. The van der Waals surface area contributed by atoms with Gasteiger partial charge in [-0.3, -0.25) is 9.59 Å². The van der Waals surface area contributed by atoms with E-state index in [1.54, 1.807) is 12.1 Å². The van der Waals surface area contributed by atoms with Gasteiger partial charge in [0.05, 0.1) is 27.4 Å². The van der Waals surface area contributed by atoms with Gasteiger partial charge in [0.15, 0.2) is 18.3 Å². The molecule has 0 fully saturated rings. The van der Waals surface area contributed by atoms with Crippen LogP contribution in [0.1, 0.15) is 26.8 Å². The standard InChI is InChI=1S/C19H12F3N3O3S/c20-19(21,22)10-5-6-15-13(7-10)25-18(29-15)12(8-23)17(27)11-3-1-2-4-14(11)28-9-16(24)26/h1-7,12H,9H2,(H2,24,26). The largest absolute Gasteiger partial charge is 0.483 e. The minimum Gasteiger partial charge on any atom is -0.483 e. The monoisotopic (exact) mass is 419 g/mol. The van der Waals surface area contributed by atoms with Gasteiger partial charge in [-0.15, -0.1) is 11.3 Å². The van der Waals surface area contributed by atoms with Crippen molar-refractivity contribution >= 4 is 33.2 Å². The van der Waals surface area contributed by atoms with Crippen LogP contribution in [-0.4, -0.2) is 23.3 Å². The van der Waals surface area contributed by atoms with E-state index in [9.17, 15) is 28.0 Å². The third kappa shape index (κ3) is 4.35. The Bertz CT molecular complexity index is 1130. The van der Waals surface area contributed by atoms with Crippen molar-refractivity contribution < 1.29 is 27.5 Å². The van der Waals surface area contributed by atoms with Gasteiger partial charge < -0.3 is 10.5 Å². The molecule has 3 aromatic rings. The molecule has 0 aliphatic heterocycles. The first kappa shape index (κ1) is 20.3. The number of para-hydroxylation sites is 1. The van der Waals surface area contributed by atoms with E-state index in [1.165, 1.54) is 18.2 Å². The number of amides is 1. The first-order valence-electron chi connectivity index (χ1n) is 8.12. The normalized spacial score (nSPS) is 12.3. The molecule has 0 saturated carbocycles. The summed E-state index contributed by atoms with van der Waals surface area (Å²) in [6.07, 6.45) is -4.53. The first-order valence-corrected chi connectivity index (χ1v) is 8.94. The Kier molecular flexibility index (Phi) is 5.52. The number of nitriles is 1. The Morgan fingerprint density at radius 3 is 2.62 bits per heavy atom. The molecule has 10 heteroatoms. The van der Waals surface area contributed by atoms with Crippen LogP contribution in [0.3, 0.4) is 0 Å². The summed E-state index contributed by atoms with van der Waals surface area (Å²) in [5.74, 6) is -2.67. The van der Waals surface area contributed by atoms with Crippen LogP contribution in [0, 0.1) is 11.3 Å². The summed E-state index contributed by atoms with van der Waals surface area (Å²) in [4.78, 5) is 27.9. The van der Waals surface area contributed by atoms with E-state index < -0.39 is 36.0 Å². The Labute approximate surface area is 166 Å². The molecule has 2 aromatic carbocycles. The minimum absolute atomic E-state index is 0.0375. The van der Waals surface area contributed by atoms with Gasteiger partial charge in [0.25, 0.3) is 5.91 Å². The average Bonchev–Trinajstić information content (AvgIpc) is 3.09. The first-order chi connectivity index (χ1) is 13.7. The lowest BCUT2D eigenvalue weighted by atomic mass is 9.98. The summed E-state index contributed by atoms with van der Waals surface area (Å²) in [5, 5.41) is 9.60. The predicted octanol–water partition coefficient (Wildman–Crippen LogP) is 3.67. The second kappa shape index (κ2) is 7.89. The quantitative estimate of drug-likeness (QED) is 0.614. The maximum Gasteiger partial charge on any atom is 0.416 e. The number of hydrogen-bond donors (Lipinski definition) is 1. The summed E-state index contributed by atoms with van der Waals surface area (Å²) in [5.41, 5.74) is 4.26. The number of hydrogen-bond acceptors (Lipinski definition) is 6. The van der Waals surface area contributed by atoms with Gasteiger partial charge in [-0.05, 0) is 30.3 Å². The number of primary amides is 1. The average molecular weight is 419 g/mol. The summed E-state index contributed by atoms with van der Waals surface area (Å²) in [6, 6.07) is 10.9. The van der Waals surface area contributed by atoms with E-state index >= 15 is 0 Å². The van der Waals surface area contributed by atoms with E-state index in [-0.39, 0.29) is 21.8 Å². The maximum atomic E-state index is 12.9. The van der Waals surface area contributed by atoms with Crippen molar-refractivity contribution in [1.29, 1.82) is 5.26 Å². The van der Waals surface area contributed by atoms with Crippen LogP contribution < -0.4 is 10.5 Å². The number of halogens is 3. The number of carbonyl (C=O) groups excluding carboxylic acids is 2. The second-order valence-corrected chi connectivity index (χ2v) is 6.97. The molecule has 1 heterocycles. The van der Waals surface area contributed by atoms with Crippen molar-refractivity contribution in [3.8, 4) is 11.8 Å². The zero-order valence-corrected chi connectivity index (χ0v) is 15.4. The van der Waals surface area contributed by atoms with E-state index in [1.807, 2.05) is 6.07 Å². The minimum atomic E-state index is -4.53. The highest BCUT2D eigenvalue weighted by molar-refractivity contribution is 7.18. The maximum absolute atomic E-state index is 12.9. The van der Waals surface area contributed by atoms with Crippen LogP contribution in [0.15, 0.2) is 42.5 Å². The van der Waals surface area contributed by atoms with Gasteiger partial charge in [-0.1, -0.05) is 12.1 Å². The second-order valence-electron chi connectivity index (χ2n) is 5.91. The molecule has 0 saturated heterocycles. The third-order valence-electron chi connectivity index (χ3n) is 3.89. The lowest BCUT2D eigenvalue weighted by molar-refractivity contribution is -0.137. The lowest BCUT2D eigenvalue weighted by Crippen LogP contribution is -2.21. The number of carbonyl (C=O) groups is 2. The smallest absolute Gasteiger partial charge is 0.416 e. The van der Waals surface area contributed by atoms with Crippen molar-refractivity contribution in [2.75, 3.05) is 6.61 Å². The molecule has 1 unspecified atom stereocenters. The molecule has 1 atom stereocenters. The number of Topliss-reactive ketones (excluding diaryl/α,β-unsaturated/α-hetero) is 1. The van der Waals surface area contributed by atoms with Crippen molar-refractivity contribution in [2.45, 2.75) is 12.1 Å². The Balaban J connectivity index is 1.97. The van der Waals surface area contributed by atoms with Crippen molar-refractivity contribution in [1.82, 2.24) is 4.98 Å². The molecule has 0 spiro atoms. The Morgan fingerprint density at radius 2 is 1.97 bits per heavy atom. The summed E-state index contributed by atoms with van der Waals surface area (Å²) < 4.78 is 44.3. The van der Waals surface area contributed by atoms with Gasteiger partial charge >= 0.3 is 6.18 Å². The third-order valence-corrected chi connectivity index (χ3v) is 4.99. The molecule has 2 N–H and O–H groups in total. The topological polar surface area (TPSA) is 106 Å². The molecule has 0 aliphatic rings. The molecule has 1 aromatic heterocycles. The predicted molar refractivity (Wildman–Crippen MR) is 98.4 cm³/mol. The fourth-order valence-corrected chi connectivity index (χ4v) is 3.56. The van der Waals surface area contributed by atoms with E-state index in [0.29, 0.717) is 4.70 Å². The highest BCUT2D eigenvalue weighted by Gasteiger charge is 2.32. The number of ketones is 1. The Hall–Kier alpha value is -3.45. The summed E-state index contributed by atoms with van der Waals surface area (Å²) >= 11 is 0.960. The molecule has 0 radical (unpaired) electrons. The fraction of sp³-hybridized carbons (Fsp3) is 0.158. The van der Waals surface area contributed by atoms with E-state index in [0.717, 1.165) is 23.5 Å². The van der Waals surface area contributed by atoms with Crippen molar-refractivity contribution in [3.05, 3.63) is 58.6 Å². The highest BCUT2D eigenvalue weighted by atomic mass is 32.1. The Morgan fingerprint density at radius 1 is 1.24 bits per heavy atom. The highest BCUT2D eigenvalue weighted by Crippen LogP contribution is 2.35. The summed E-state index contributed by atoms with van der Waals surface area (Å²) in [7, 11) is 0. The number of benzene rings is 2. The molecular formula is C19H12F3N3O3S. The molecule has 0 aliphatic carbocycles. The van der Waals surface area contributed by atoms with Gasteiger partial charge in [0.2, 0.25) is 0 Å². The number of nitrogens with two attached hydrogens (primary N) is 1. The molecular weight excluding hydrogens is 407 g/mol. The van der Waals surface area contributed by atoms with Gasteiger partial charge in [-0.25, -0.2) is 4.98 Å². The van der Waals surface area contributed by atoms with Crippen molar-refractivity contribution in [3.63, 3.8) is 0 Å². The molecule has 29 heavy (non-hydrogen) atoms. The molecule has 0 bridgehead atoms. The van der Waals surface area contributed by atoms with Crippen LogP contribution in [-0.2, 0) is 11.0 Å². The van der Waals surface area contributed by atoms with Crippen LogP contribution in [0.5, 0.6) is 5.75 Å². The van der Waals surface area contributed by atoms with Crippen LogP contribution in [0.4, 0.5) is 13.2 Å². The molecule has 3 rings (SSSR count). The fourth-order valence-electron chi connectivity index (χ4n) is 2.57.